The standard InChI is InChI=1S/C29H26BrFN4O4/c1-34-24-6-4-3-5-23(24)33-26(29(34)38)27(36)32-19-9-7-17(8-10-19)18-11-13-35(14-12-18)28(37)20-15-21(30)22(31)16-25(20)39-2/h3-10,15-16,18H,11-14H2,1-2H3,(H,32,36). The predicted octanol–water partition coefficient (Wildman–Crippen LogP) is 5.12. The van der Waals surface area contributed by atoms with Gasteiger partial charge in [0, 0.05) is 31.9 Å². The molecule has 1 aliphatic heterocycles. The Bertz CT molecular complexity index is 1630. The smallest absolute Gasteiger partial charge is 0.282 e. The number of amides is 2. The van der Waals surface area contributed by atoms with E-state index in [1.165, 1.54) is 23.8 Å². The number of anilines is 1. The third-order valence-corrected chi connectivity index (χ3v) is 7.70. The number of aryl methyl sites for hydroxylation is 1. The maximum absolute atomic E-state index is 13.9. The van der Waals surface area contributed by atoms with E-state index in [1.54, 1.807) is 42.3 Å². The number of carbonyl (C=O) groups excluding carboxylic acids is 2. The highest BCUT2D eigenvalue weighted by atomic mass is 79.9. The van der Waals surface area contributed by atoms with Crippen molar-refractivity contribution in [2.45, 2.75) is 18.8 Å². The second kappa shape index (κ2) is 11.0. The van der Waals surface area contributed by atoms with E-state index in [-0.39, 0.29) is 27.7 Å². The predicted molar refractivity (Wildman–Crippen MR) is 150 cm³/mol. The molecular weight excluding hydrogens is 567 g/mol. The number of hydrogen-bond donors (Lipinski definition) is 1. The fraction of sp³-hybridized carbons (Fsp3) is 0.241. The van der Waals surface area contributed by atoms with Crippen molar-refractivity contribution in [3.63, 3.8) is 0 Å². The van der Waals surface area contributed by atoms with Crippen LogP contribution in [0.5, 0.6) is 5.75 Å². The number of nitrogens with zero attached hydrogens (tertiary/aromatic N) is 3. The van der Waals surface area contributed by atoms with Gasteiger partial charge in [-0.15, -0.1) is 0 Å². The second-order valence-corrected chi connectivity index (χ2v) is 10.3. The van der Waals surface area contributed by atoms with E-state index in [1.807, 2.05) is 18.2 Å². The number of rotatable bonds is 5. The number of nitrogens with one attached hydrogen (secondary N) is 1. The van der Waals surface area contributed by atoms with Crippen molar-refractivity contribution in [1.82, 2.24) is 14.5 Å². The molecular formula is C29H26BrFN4O4. The van der Waals surface area contributed by atoms with E-state index in [4.69, 9.17) is 4.74 Å². The van der Waals surface area contributed by atoms with Crippen molar-refractivity contribution in [2.24, 2.45) is 7.05 Å². The number of likely N-dealkylation sites (tertiary alicyclic amines) is 1. The Balaban J connectivity index is 1.23. The van der Waals surface area contributed by atoms with Crippen LogP contribution in [0.4, 0.5) is 10.1 Å². The Morgan fingerprint density at radius 3 is 2.46 bits per heavy atom. The highest BCUT2D eigenvalue weighted by molar-refractivity contribution is 9.10. The highest BCUT2D eigenvalue weighted by Gasteiger charge is 2.27. The quantitative estimate of drug-likeness (QED) is 0.347. The summed E-state index contributed by atoms with van der Waals surface area (Å²) in [4.78, 5) is 44.7. The Morgan fingerprint density at radius 1 is 1.08 bits per heavy atom. The Kier molecular flexibility index (Phi) is 7.47. The molecule has 1 fully saturated rings. The molecule has 1 N–H and O–H groups in total. The van der Waals surface area contributed by atoms with Crippen LogP contribution in [0.1, 0.15) is 45.2 Å². The number of methoxy groups -OCH3 is 1. The van der Waals surface area contributed by atoms with Gasteiger partial charge in [0.25, 0.3) is 17.4 Å². The summed E-state index contributed by atoms with van der Waals surface area (Å²) in [5.74, 6) is -0.800. The summed E-state index contributed by atoms with van der Waals surface area (Å²) in [6.45, 7) is 1.11. The lowest BCUT2D eigenvalue weighted by Gasteiger charge is -2.32. The van der Waals surface area contributed by atoms with Gasteiger partial charge in [-0.05, 0) is 70.6 Å². The molecule has 1 aromatic heterocycles. The van der Waals surface area contributed by atoms with Gasteiger partial charge in [0.2, 0.25) is 0 Å². The molecule has 0 unspecified atom stereocenters. The summed E-state index contributed by atoms with van der Waals surface area (Å²) in [5.41, 5.74) is 2.57. The van der Waals surface area contributed by atoms with Gasteiger partial charge in [0.05, 0.1) is 28.2 Å². The molecule has 8 nitrogen and oxygen atoms in total. The number of benzene rings is 3. The zero-order valence-corrected chi connectivity index (χ0v) is 23.0. The molecule has 39 heavy (non-hydrogen) atoms. The van der Waals surface area contributed by atoms with Crippen molar-refractivity contribution in [3.05, 3.63) is 98.1 Å². The van der Waals surface area contributed by atoms with Gasteiger partial charge < -0.3 is 19.5 Å². The first-order valence-corrected chi connectivity index (χ1v) is 13.3. The van der Waals surface area contributed by atoms with Crippen molar-refractivity contribution < 1.29 is 18.7 Å². The maximum Gasteiger partial charge on any atom is 0.282 e. The van der Waals surface area contributed by atoms with Crippen LogP contribution in [0.2, 0.25) is 0 Å². The molecule has 0 radical (unpaired) electrons. The zero-order chi connectivity index (χ0) is 27.7. The van der Waals surface area contributed by atoms with Gasteiger partial charge in [0.15, 0.2) is 5.69 Å². The van der Waals surface area contributed by atoms with Gasteiger partial charge in [-0.3, -0.25) is 14.4 Å². The number of ether oxygens (including phenoxy) is 1. The molecule has 0 saturated carbocycles. The van der Waals surface area contributed by atoms with Crippen molar-refractivity contribution in [1.29, 1.82) is 0 Å². The number of aromatic nitrogens is 2. The topological polar surface area (TPSA) is 93.5 Å². The fourth-order valence-electron chi connectivity index (χ4n) is 4.91. The Hall–Kier alpha value is -4.05. The van der Waals surface area contributed by atoms with Crippen LogP contribution in [-0.4, -0.2) is 46.5 Å². The van der Waals surface area contributed by atoms with Crippen LogP contribution in [0.3, 0.4) is 0 Å². The average Bonchev–Trinajstić information content (AvgIpc) is 2.96. The minimum atomic E-state index is -0.566. The number of piperidine rings is 1. The number of halogens is 2. The van der Waals surface area contributed by atoms with E-state index >= 15 is 0 Å². The maximum atomic E-state index is 13.9. The van der Waals surface area contributed by atoms with Gasteiger partial charge in [-0.25, -0.2) is 9.37 Å². The number of para-hydroxylation sites is 2. The normalized spacial score (nSPS) is 13.9. The van der Waals surface area contributed by atoms with Gasteiger partial charge in [-0.1, -0.05) is 24.3 Å². The summed E-state index contributed by atoms with van der Waals surface area (Å²) in [7, 11) is 3.03. The van der Waals surface area contributed by atoms with E-state index in [9.17, 15) is 18.8 Å². The summed E-state index contributed by atoms with van der Waals surface area (Å²) < 4.78 is 20.7. The highest BCUT2D eigenvalue weighted by Crippen LogP contribution is 2.32. The first-order chi connectivity index (χ1) is 18.8. The molecule has 4 aromatic rings. The van der Waals surface area contributed by atoms with Crippen LogP contribution in [-0.2, 0) is 7.05 Å². The van der Waals surface area contributed by atoms with Crippen molar-refractivity contribution in [3.8, 4) is 5.75 Å². The van der Waals surface area contributed by atoms with E-state index in [0.717, 1.165) is 18.4 Å². The zero-order valence-electron chi connectivity index (χ0n) is 21.4. The fourth-order valence-corrected chi connectivity index (χ4v) is 5.25. The van der Waals surface area contributed by atoms with E-state index < -0.39 is 17.3 Å². The van der Waals surface area contributed by atoms with Crippen molar-refractivity contribution >= 4 is 44.5 Å². The Labute approximate surface area is 232 Å². The summed E-state index contributed by atoms with van der Waals surface area (Å²) >= 11 is 3.14. The molecule has 0 atom stereocenters. The summed E-state index contributed by atoms with van der Waals surface area (Å²) in [6, 6.07) is 17.3. The molecule has 1 saturated heterocycles. The number of fused-ring (bicyclic) bond motifs is 1. The molecule has 2 heterocycles. The Morgan fingerprint density at radius 2 is 1.77 bits per heavy atom. The lowest BCUT2D eigenvalue weighted by molar-refractivity contribution is 0.0709. The molecule has 0 bridgehead atoms. The largest absolute Gasteiger partial charge is 0.496 e. The lowest BCUT2D eigenvalue weighted by Crippen LogP contribution is -2.38. The average molecular weight is 593 g/mol. The SMILES string of the molecule is COc1cc(F)c(Br)cc1C(=O)N1CCC(c2ccc(NC(=O)c3nc4ccccc4n(C)c3=O)cc2)CC1. The second-order valence-electron chi connectivity index (χ2n) is 9.42. The molecule has 1 aliphatic rings. The first-order valence-electron chi connectivity index (χ1n) is 12.5. The molecule has 3 aromatic carbocycles. The lowest BCUT2D eigenvalue weighted by atomic mass is 9.89. The van der Waals surface area contributed by atoms with Crippen molar-refractivity contribution in [2.75, 3.05) is 25.5 Å². The van der Waals surface area contributed by atoms with Gasteiger partial charge in [0.1, 0.15) is 11.6 Å². The minimum absolute atomic E-state index is 0.165. The first kappa shape index (κ1) is 26.6. The molecule has 0 spiro atoms. The molecule has 5 rings (SSSR count). The molecule has 0 aliphatic carbocycles. The molecule has 200 valence electrons. The number of hydrogen-bond acceptors (Lipinski definition) is 5. The third kappa shape index (κ3) is 5.29. The minimum Gasteiger partial charge on any atom is -0.496 e. The summed E-state index contributed by atoms with van der Waals surface area (Å²) in [6.07, 6.45) is 1.53. The van der Waals surface area contributed by atoms with Gasteiger partial charge >= 0.3 is 0 Å². The van der Waals surface area contributed by atoms with Crippen LogP contribution < -0.4 is 15.6 Å². The number of carbonyl (C=O) groups is 2. The van der Waals surface area contributed by atoms with Crippen LogP contribution in [0, 0.1) is 5.82 Å². The third-order valence-electron chi connectivity index (χ3n) is 7.09. The summed E-state index contributed by atoms with van der Waals surface area (Å²) in [5, 5.41) is 2.77. The van der Waals surface area contributed by atoms with Crippen LogP contribution in [0.15, 0.2) is 69.9 Å². The molecule has 2 amide bonds. The van der Waals surface area contributed by atoms with Crippen LogP contribution in [0.25, 0.3) is 11.0 Å². The van der Waals surface area contributed by atoms with E-state index in [0.29, 0.717) is 35.4 Å². The van der Waals surface area contributed by atoms with Crippen LogP contribution >= 0.6 is 15.9 Å². The monoisotopic (exact) mass is 592 g/mol. The molecule has 10 heteroatoms. The van der Waals surface area contributed by atoms with Gasteiger partial charge in [-0.2, -0.15) is 0 Å². The van der Waals surface area contributed by atoms with E-state index in [2.05, 4.69) is 26.2 Å².